The second-order valence-electron chi connectivity index (χ2n) is 3.51. The Morgan fingerprint density at radius 3 is 2.93 bits per heavy atom. The molecular weight excluding hydrogens is 176 g/mol. The smallest absolute Gasteiger partial charge is 0.150 e. The van der Waals surface area contributed by atoms with Crippen LogP contribution in [0.2, 0.25) is 0 Å². The third kappa shape index (κ3) is 3.21. The highest BCUT2D eigenvalue weighted by Crippen LogP contribution is 2.13. The largest absolute Gasteiger partial charge is 0.493 e. The van der Waals surface area contributed by atoms with E-state index in [2.05, 4.69) is 13.8 Å². The molecule has 2 nitrogen and oxygen atoms in total. The van der Waals surface area contributed by atoms with Crippen molar-refractivity contribution >= 4 is 6.29 Å². The summed E-state index contributed by atoms with van der Waals surface area (Å²) in [4.78, 5) is 10.5. The van der Waals surface area contributed by atoms with Gasteiger partial charge in [-0.15, -0.1) is 0 Å². The van der Waals surface area contributed by atoms with Crippen LogP contribution in [0.15, 0.2) is 24.3 Å². The summed E-state index contributed by atoms with van der Waals surface area (Å²) >= 11 is 0. The average molecular weight is 192 g/mol. The van der Waals surface area contributed by atoms with Gasteiger partial charge in [0.1, 0.15) is 12.0 Å². The number of rotatable bonds is 5. The third-order valence-corrected chi connectivity index (χ3v) is 2.23. The summed E-state index contributed by atoms with van der Waals surface area (Å²) in [6.07, 6.45) is 1.93. The van der Waals surface area contributed by atoms with Crippen molar-refractivity contribution in [3.05, 3.63) is 29.8 Å². The molecular formula is C12H16O2. The summed E-state index contributed by atoms with van der Waals surface area (Å²) in [5.74, 6) is 1.32. The standard InChI is InChI=1S/C12H16O2/c1-3-10(2)9-14-12-6-4-5-11(7-12)8-13/h4-8,10H,3,9H2,1-2H3. The molecule has 14 heavy (non-hydrogen) atoms. The summed E-state index contributed by atoms with van der Waals surface area (Å²) in [5.41, 5.74) is 0.659. The first-order valence-corrected chi connectivity index (χ1v) is 4.94. The van der Waals surface area contributed by atoms with Crippen molar-refractivity contribution in [3.63, 3.8) is 0 Å². The maximum atomic E-state index is 10.5. The van der Waals surface area contributed by atoms with Gasteiger partial charge in [0.05, 0.1) is 6.61 Å². The van der Waals surface area contributed by atoms with E-state index in [1.54, 1.807) is 12.1 Å². The minimum absolute atomic E-state index is 0.551. The van der Waals surface area contributed by atoms with Crippen LogP contribution in [0, 0.1) is 5.92 Å². The lowest BCUT2D eigenvalue weighted by Gasteiger charge is -2.10. The molecule has 2 heteroatoms. The lowest BCUT2D eigenvalue weighted by atomic mass is 10.1. The molecule has 0 N–H and O–H groups in total. The first-order chi connectivity index (χ1) is 6.76. The molecule has 0 bridgehead atoms. The molecule has 0 saturated carbocycles. The first kappa shape index (κ1) is 10.8. The van der Waals surface area contributed by atoms with E-state index < -0.39 is 0 Å². The quantitative estimate of drug-likeness (QED) is 0.670. The molecule has 0 amide bonds. The van der Waals surface area contributed by atoms with Crippen LogP contribution in [0.5, 0.6) is 5.75 Å². The highest BCUT2D eigenvalue weighted by atomic mass is 16.5. The number of carbonyl (C=O) groups excluding carboxylic acids is 1. The van der Waals surface area contributed by atoms with Crippen LogP contribution in [-0.4, -0.2) is 12.9 Å². The van der Waals surface area contributed by atoms with Gasteiger partial charge >= 0.3 is 0 Å². The number of aldehydes is 1. The normalized spacial score (nSPS) is 12.1. The van der Waals surface area contributed by atoms with Crippen LogP contribution in [-0.2, 0) is 0 Å². The molecule has 76 valence electrons. The van der Waals surface area contributed by atoms with Crippen LogP contribution in [0.25, 0.3) is 0 Å². The monoisotopic (exact) mass is 192 g/mol. The molecule has 0 saturated heterocycles. The van der Waals surface area contributed by atoms with Crippen molar-refractivity contribution in [3.8, 4) is 5.75 Å². The number of hydrogen-bond acceptors (Lipinski definition) is 2. The predicted molar refractivity (Wildman–Crippen MR) is 56.8 cm³/mol. The zero-order chi connectivity index (χ0) is 10.4. The van der Waals surface area contributed by atoms with E-state index in [-0.39, 0.29) is 0 Å². The van der Waals surface area contributed by atoms with Crippen molar-refractivity contribution < 1.29 is 9.53 Å². The maximum absolute atomic E-state index is 10.5. The molecule has 1 unspecified atom stereocenters. The Hall–Kier alpha value is -1.31. The van der Waals surface area contributed by atoms with Crippen molar-refractivity contribution in [1.29, 1.82) is 0 Å². The van der Waals surface area contributed by atoms with Crippen LogP contribution in [0.4, 0.5) is 0 Å². The van der Waals surface area contributed by atoms with Crippen LogP contribution in [0.3, 0.4) is 0 Å². The molecule has 0 aliphatic carbocycles. The first-order valence-electron chi connectivity index (χ1n) is 4.94. The Balaban J connectivity index is 2.54. The predicted octanol–water partition coefficient (Wildman–Crippen LogP) is 2.92. The van der Waals surface area contributed by atoms with Gasteiger partial charge in [0.25, 0.3) is 0 Å². The highest BCUT2D eigenvalue weighted by Gasteiger charge is 2.00. The molecule has 1 aromatic carbocycles. The number of ether oxygens (including phenoxy) is 1. The second kappa shape index (κ2) is 5.43. The van der Waals surface area contributed by atoms with Gasteiger partial charge in [-0.05, 0) is 18.1 Å². The molecule has 0 heterocycles. The van der Waals surface area contributed by atoms with Gasteiger partial charge in [0.15, 0.2) is 0 Å². The Labute approximate surface area is 84.9 Å². The van der Waals surface area contributed by atoms with Gasteiger partial charge in [-0.3, -0.25) is 4.79 Å². The van der Waals surface area contributed by atoms with Gasteiger partial charge in [0, 0.05) is 5.56 Å². The fourth-order valence-electron chi connectivity index (χ4n) is 1.03. The van der Waals surface area contributed by atoms with E-state index in [4.69, 9.17) is 4.74 Å². The summed E-state index contributed by atoms with van der Waals surface area (Å²) in [7, 11) is 0. The summed E-state index contributed by atoms with van der Waals surface area (Å²) < 4.78 is 5.54. The van der Waals surface area contributed by atoms with Crippen LogP contribution in [0.1, 0.15) is 30.6 Å². The molecule has 1 aromatic rings. The van der Waals surface area contributed by atoms with Gasteiger partial charge in [-0.2, -0.15) is 0 Å². The lowest BCUT2D eigenvalue weighted by Crippen LogP contribution is -2.07. The van der Waals surface area contributed by atoms with Crippen molar-refractivity contribution in [2.45, 2.75) is 20.3 Å². The molecule has 0 spiro atoms. The maximum Gasteiger partial charge on any atom is 0.150 e. The van der Waals surface area contributed by atoms with Gasteiger partial charge in [0.2, 0.25) is 0 Å². The van der Waals surface area contributed by atoms with E-state index >= 15 is 0 Å². The van der Waals surface area contributed by atoms with Gasteiger partial charge in [-0.1, -0.05) is 32.4 Å². The Morgan fingerprint density at radius 2 is 2.29 bits per heavy atom. The van der Waals surface area contributed by atoms with Crippen molar-refractivity contribution in [1.82, 2.24) is 0 Å². The zero-order valence-electron chi connectivity index (χ0n) is 8.69. The molecule has 1 rings (SSSR count). The zero-order valence-corrected chi connectivity index (χ0v) is 8.69. The lowest BCUT2D eigenvalue weighted by molar-refractivity contribution is 0.112. The number of carbonyl (C=O) groups is 1. The summed E-state index contributed by atoms with van der Waals surface area (Å²) in [6.45, 7) is 4.98. The fraction of sp³-hybridized carbons (Fsp3) is 0.417. The topological polar surface area (TPSA) is 26.3 Å². The van der Waals surface area contributed by atoms with Gasteiger partial charge < -0.3 is 4.74 Å². The van der Waals surface area contributed by atoms with E-state index in [1.807, 2.05) is 12.1 Å². The molecule has 0 aliphatic heterocycles. The van der Waals surface area contributed by atoms with E-state index in [9.17, 15) is 4.79 Å². The Morgan fingerprint density at radius 1 is 1.50 bits per heavy atom. The fourth-order valence-corrected chi connectivity index (χ4v) is 1.03. The van der Waals surface area contributed by atoms with Crippen molar-refractivity contribution in [2.75, 3.05) is 6.61 Å². The second-order valence-corrected chi connectivity index (χ2v) is 3.51. The van der Waals surface area contributed by atoms with Crippen LogP contribution < -0.4 is 4.74 Å². The minimum Gasteiger partial charge on any atom is -0.493 e. The molecule has 0 fully saturated rings. The van der Waals surface area contributed by atoms with E-state index in [0.717, 1.165) is 18.5 Å². The molecule has 0 radical (unpaired) electrons. The third-order valence-electron chi connectivity index (χ3n) is 2.23. The van der Waals surface area contributed by atoms with Gasteiger partial charge in [-0.25, -0.2) is 0 Å². The number of hydrogen-bond donors (Lipinski definition) is 0. The van der Waals surface area contributed by atoms with Crippen molar-refractivity contribution in [2.24, 2.45) is 5.92 Å². The summed E-state index contributed by atoms with van der Waals surface area (Å²) in [5, 5.41) is 0. The van der Waals surface area contributed by atoms with E-state index in [1.165, 1.54) is 0 Å². The Bertz CT molecular complexity index is 294. The highest BCUT2D eigenvalue weighted by molar-refractivity contribution is 5.75. The molecule has 0 aromatic heterocycles. The molecule has 0 aliphatic rings. The van der Waals surface area contributed by atoms with Crippen LogP contribution >= 0.6 is 0 Å². The molecule has 1 atom stereocenters. The SMILES string of the molecule is CCC(C)COc1cccc(C=O)c1. The Kier molecular flexibility index (Phi) is 4.17. The minimum atomic E-state index is 0.551. The summed E-state index contributed by atoms with van der Waals surface area (Å²) in [6, 6.07) is 7.23. The average Bonchev–Trinajstić information content (AvgIpc) is 2.26. The van der Waals surface area contributed by atoms with E-state index in [0.29, 0.717) is 18.1 Å². The number of benzene rings is 1.